The number of nitrogens with zero attached hydrogens (tertiary/aromatic N) is 1. The van der Waals surface area contributed by atoms with Crippen molar-refractivity contribution in [1.29, 1.82) is 0 Å². The van der Waals surface area contributed by atoms with Crippen molar-refractivity contribution in [3.8, 4) is 0 Å². The number of para-hydroxylation sites is 1. The number of hydrogen-bond acceptors (Lipinski definition) is 5. The monoisotopic (exact) mass is 469 g/mol. The number of amides is 2. The van der Waals surface area contributed by atoms with Crippen LogP contribution in [-0.2, 0) is 20.5 Å². The van der Waals surface area contributed by atoms with Gasteiger partial charge in [-0.2, -0.15) is 0 Å². The van der Waals surface area contributed by atoms with Gasteiger partial charge in [0.15, 0.2) is 5.78 Å². The molecule has 6 nitrogen and oxygen atoms in total. The zero-order valence-electron chi connectivity index (χ0n) is 18.6. The Morgan fingerprint density at radius 1 is 1.00 bits per heavy atom. The average molecular weight is 470 g/mol. The van der Waals surface area contributed by atoms with Crippen LogP contribution < -0.4 is 10.6 Å². The molecule has 0 saturated carbocycles. The molecule has 0 bridgehead atoms. The number of hydrogen-bond donors (Lipinski definition) is 2. The molecular formula is C27H23N3O3S. The van der Waals surface area contributed by atoms with E-state index in [2.05, 4.69) is 15.5 Å². The van der Waals surface area contributed by atoms with Crippen molar-refractivity contribution in [2.24, 2.45) is 5.92 Å². The molecule has 2 aromatic carbocycles. The van der Waals surface area contributed by atoms with Crippen LogP contribution in [0.4, 0.5) is 11.4 Å². The molecule has 2 spiro atoms. The normalized spacial score (nSPS) is 31.0. The Bertz CT molecular complexity index is 1400. The molecule has 5 heterocycles. The predicted molar refractivity (Wildman–Crippen MR) is 130 cm³/mol. The number of anilines is 2. The fourth-order valence-corrected chi connectivity index (χ4v) is 7.97. The van der Waals surface area contributed by atoms with Crippen molar-refractivity contribution in [2.75, 3.05) is 17.2 Å². The van der Waals surface area contributed by atoms with E-state index in [1.165, 1.54) is 11.3 Å². The molecule has 0 aliphatic carbocycles. The van der Waals surface area contributed by atoms with Crippen LogP contribution in [-0.4, -0.2) is 35.1 Å². The zero-order valence-corrected chi connectivity index (χ0v) is 19.4. The standard InChI is InChI=1S/C27H23N3O3S/c1-15-10-11-19-17(14-15)27(25(33)29-19)26(16-6-2-3-7-18(16)28-24(26)32)22(20-8-4-12-30(20)27)23(31)21-9-5-13-34-21/h2-3,5-7,9-11,13-14,20,22H,4,8,12H2,1H3,(H,28,32)(H,29,33). The molecule has 1 aromatic heterocycles. The second-order valence-corrected chi connectivity index (χ2v) is 10.7. The summed E-state index contributed by atoms with van der Waals surface area (Å²) in [6, 6.07) is 17.0. The molecule has 3 aromatic rings. The highest BCUT2D eigenvalue weighted by molar-refractivity contribution is 7.12. The largest absolute Gasteiger partial charge is 0.325 e. The van der Waals surface area contributed by atoms with Crippen molar-refractivity contribution in [3.05, 3.63) is 81.5 Å². The summed E-state index contributed by atoms with van der Waals surface area (Å²) in [5.41, 5.74) is 1.32. The first-order valence-electron chi connectivity index (χ1n) is 11.7. The van der Waals surface area contributed by atoms with Crippen molar-refractivity contribution in [2.45, 2.75) is 36.8 Å². The van der Waals surface area contributed by atoms with E-state index in [0.717, 1.165) is 35.2 Å². The summed E-state index contributed by atoms with van der Waals surface area (Å²) < 4.78 is 0. The second-order valence-electron chi connectivity index (χ2n) is 9.74. The number of nitrogens with one attached hydrogen (secondary N) is 2. The highest BCUT2D eigenvalue weighted by atomic mass is 32.1. The molecule has 7 heteroatoms. The Morgan fingerprint density at radius 3 is 2.62 bits per heavy atom. The van der Waals surface area contributed by atoms with E-state index < -0.39 is 16.9 Å². The number of fused-ring (bicyclic) bond motifs is 7. The summed E-state index contributed by atoms with van der Waals surface area (Å²) >= 11 is 1.40. The summed E-state index contributed by atoms with van der Waals surface area (Å²) in [5.74, 6) is -1.20. The lowest BCUT2D eigenvalue weighted by Gasteiger charge is -2.43. The minimum atomic E-state index is -1.36. The molecule has 2 amide bonds. The topological polar surface area (TPSA) is 78.5 Å². The van der Waals surface area contributed by atoms with Gasteiger partial charge in [0.25, 0.3) is 5.91 Å². The Morgan fingerprint density at radius 2 is 1.79 bits per heavy atom. The first kappa shape index (κ1) is 20.1. The van der Waals surface area contributed by atoms with Gasteiger partial charge in [0.05, 0.1) is 10.8 Å². The molecular weight excluding hydrogens is 446 g/mol. The first-order chi connectivity index (χ1) is 16.5. The van der Waals surface area contributed by atoms with E-state index in [1.54, 1.807) is 0 Å². The number of aryl methyl sites for hydroxylation is 1. The summed E-state index contributed by atoms with van der Waals surface area (Å²) in [6.45, 7) is 2.66. The molecule has 2 saturated heterocycles. The van der Waals surface area contributed by atoms with Crippen LogP contribution in [0.2, 0.25) is 0 Å². The summed E-state index contributed by atoms with van der Waals surface area (Å²) in [6.07, 6.45) is 1.66. The number of carbonyl (C=O) groups excluding carboxylic acids is 3. The Labute approximate surface area is 201 Å². The molecule has 34 heavy (non-hydrogen) atoms. The maximum Gasteiger partial charge on any atom is 0.251 e. The Balaban J connectivity index is 1.62. The SMILES string of the molecule is Cc1ccc2c(c1)C1(C(=O)N2)N2CCCC2C(C(=O)c2cccs2)C12C(=O)Nc1ccccc12. The lowest BCUT2D eigenvalue weighted by molar-refractivity contribution is -0.137. The third kappa shape index (κ3) is 2.09. The molecule has 2 fully saturated rings. The lowest BCUT2D eigenvalue weighted by Crippen LogP contribution is -2.62. The minimum absolute atomic E-state index is 0.0514. The lowest BCUT2D eigenvalue weighted by atomic mass is 9.57. The van der Waals surface area contributed by atoms with Crippen LogP contribution in [0.25, 0.3) is 0 Å². The van der Waals surface area contributed by atoms with E-state index in [9.17, 15) is 14.4 Å². The molecule has 4 atom stereocenters. The number of benzene rings is 2. The Hall–Kier alpha value is -3.29. The van der Waals surface area contributed by atoms with Gasteiger partial charge in [-0.05, 0) is 55.5 Å². The van der Waals surface area contributed by atoms with Gasteiger partial charge in [-0.3, -0.25) is 19.3 Å². The number of carbonyl (C=O) groups is 3. The van der Waals surface area contributed by atoms with E-state index in [1.807, 2.05) is 66.9 Å². The van der Waals surface area contributed by atoms with Gasteiger partial charge < -0.3 is 10.6 Å². The van der Waals surface area contributed by atoms with Crippen molar-refractivity contribution in [1.82, 2.24) is 4.90 Å². The van der Waals surface area contributed by atoms with Crippen molar-refractivity contribution in [3.63, 3.8) is 0 Å². The van der Waals surface area contributed by atoms with Crippen molar-refractivity contribution >= 4 is 40.3 Å². The molecule has 170 valence electrons. The van der Waals surface area contributed by atoms with Gasteiger partial charge in [-0.25, -0.2) is 0 Å². The van der Waals surface area contributed by atoms with Crippen LogP contribution in [0.1, 0.15) is 39.2 Å². The smallest absolute Gasteiger partial charge is 0.251 e. The third-order valence-corrected chi connectivity index (χ3v) is 9.18. The molecule has 4 aliphatic rings. The van der Waals surface area contributed by atoms with Gasteiger partial charge >= 0.3 is 0 Å². The van der Waals surface area contributed by atoms with Crippen LogP contribution in [0.15, 0.2) is 60.0 Å². The maximum absolute atomic E-state index is 14.3. The molecule has 2 N–H and O–H groups in total. The highest BCUT2D eigenvalue weighted by Gasteiger charge is 2.81. The summed E-state index contributed by atoms with van der Waals surface area (Å²) in [4.78, 5) is 45.6. The second kappa shape index (κ2) is 6.64. The fourth-order valence-electron chi connectivity index (χ4n) is 7.26. The quantitative estimate of drug-likeness (QED) is 0.555. The van der Waals surface area contributed by atoms with Gasteiger partial charge in [0, 0.05) is 23.0 Å². The van der Waals surface area contributed by atoms with E-state index in [0.29, 0.717) is 17.1 Å². The first-order valence-corrected chi connectivity index (χ1v) is 12.6. The van der Waals surface area contributed by atoms with Gasteiger partial charge in [-0.15, -0.1) is 11.3 Å². The number of thiophene rings is 1. The molecule has 4 aliphatic heterocycles. The minimum Gasteiger partial charge on any atom is -0.325 e. The predicted octanol–water partition coefficient (Wildman–Crippen LogP) is 4.07. The maximum atomic E-state index is 14.3. The number of ketones is 1. The van der Waals surface area contributed by atoms with Gasteiger partial charge in [0.1, 0.15) is 11.0 Å². The fraction of sp³-hybridized carbons (Fsp3) is 0.296. The van der Waals surface area contributed by atoms with Crippen LogP contribution >= 0.6 is 11.3 Å². The van der Waals surface area contributed by atoms with Gasteiger partial charge in [0.2, 0.25) is 5.91 Å². The van der Waals surface area contributed by atoms with Crippen LogP contribution in [0, 0.1) is 12.8 Å². The number of rotatable bonds is 2. The van der Waals surface area contributed by atoms with Crippen LogP contribution in [0.5, 0.6) is 0 Å². The molecule has 7 rings (SSSR count). The summed E-state index contributed by atoms with van der Waals surface area (Å²) in [7, 11) is 0. The van der Waals surface area contributed by atoms with E-state index in [-0.39, 0.29) is 23.6 Å². The third-order valence-electron chi connectivity index (χ3n) is 8.30. The van der Waals surface area contributed by atoms with E-state index >= 15 is 0 Å². The van der Waals surface area contributed by atoms with E-state index in [4.69, 9.17) is 0 Å². The molecule has 4 unspecified atom stereocenters. The van der Waals surface area contributed by atoms with Crippen molar-refractivity contribution < 1.29 is 14.4 Å². The number of Topliss-reactive ketones (excluding diaryl/α,β-unsaturated/α-hetero) is 1. The summed E-state index contributed by atoms with van der Waals surface area (Å²) in [5, 5.41) is 8.06. The van der Waals surface area contributed by atoms with Gasteiger partial charge in [-0.1, -0.05) is 42.0 Å². The molecule has 0 radical (unpaired) electrons. The Kier molecular flexibility index (Phi) is 3.93. The zero-order chi connectivity index (χ0) is 23.2. The average Bonchev–Trinajstić information content (AvgIpc) is 3.62. The van der Waals surface area contributed by atoms with Crippen LogP contribution in [0.3, 0.4) is 0 Å². The highest BCUT2D eigenvalue weighted by Crippen LogP contribution is 2.67.